The Morgan fingerprint density at radius 2 is 0.682 bits per heavy atom. The molecule has 6 atom stereocenters. The first-order chi connectivity index (χ1) is 41.2. The van der Waals surface area contributed by atoms with Crippen LogP contribution in [0, 0.1) is 0 Å². The lowest BCUT2D eigenvalue weighted by molar-refractivity contribution is -0.170. The average molecular weight is 1260 g/mol. The maximum absolute atomic E-state index is 12.4. The normalized spacial score (nSPS) is 12.9. The summed E-state index contributed by atoms with van der Waals surface area (Å²) in [6, 6.07) is 40.6. The fraction of sp³-hybridized carbons (Fsp3) is 0.394. The first kappa shape index (κ1) is 79.9. The van der Waals surface area contributed by atoms with Crippen molar-refractivity contribution in [2.24, 2.45) is 0 Å². The highest BCUT2D eigenvalue weighted by molar-refractivity contribution is 7.00. The molecule has 0 saturated carbocycles. The van der Waals surface area contributed by atoms with E-state index in [-0.39, 0.29) is 55.3 Å². The second kappa shape index (κ2) is 41.1. The van der Waals surface area contributed by atoms with Gasteiger partial charge in [-0.1, -0.05) is 213 Å². The van der Waals surface area contributed by atoms with Gasteiger partial charge >= 0.3 is 47.8 Å². The predicted octanol–water partition coefficient (Wildman–Crippen LogP) is 7.35. The number of benzene rings is 4. The second-order valence-electron chi connectivity index (χ2n) is 21.3. The number of esters is 6. The maximum atomic E-state index is 12.4. The van der Waals surface area contributed by atoms with Crippen molar-refractivity contribution < 1.29 is 96.1 Å². The summed E-state index contributed by atoms with van der Waals surface area (Å²) in [5.74, 6) is -5.97. The zero-order valence-electron chi connectivity index (χ0n) is 52.7. The van der Waals surface area contributed by atoms with Gasteiger partial charge in [0.05, 0.1) is 12.8 Å². The first-order valence-electron chi connectivity index (χ1n) is 28.1. The van der Waals surface area contributed by atoms with Gasteiger partial charge in [-0.3, -0.25) is 9.59 Å². The van der Waals surface area contributed by atoms with Gasteiger partial charge < -0.3 is 57.7 Å². The zero-order valence-corrected chi connectivity index (χ0v) is 54.7. The largest absolute Gasteiger partial charge is 0.481 e. The molecule has 0 aliphatic heterocycles. The molecule has 4 rings (SSSR count). The Morgan fingerprint density at radius 3 is 0.943 bits per heavy atom. The Balaban J connectivity index is 0.00000112. The van der Waals surface area contributed by atoms with Crippen LogP contribution in [-0.4, -0.2) is 148 Å². The molecule has 88 heavy (non-hydrogen) atoms. The molecule has 0 aliphatic carbocycles. The van der Waals surface area contributed by atoms with Crippen molar-refractivity contribution in [2.75, 3.05) is 26.4 Å². The van der Waals surface area contributed by atoms with E-state index in [0.29, 0.717) is 0 Å². The van der Waals surface area contributed by atoms with Crippen LogP contribution in [0.4, 0.5) is 0 Å². The van der Waals surface area contributed by atoms with Crippen LogP contribution in [0.2, 0.25) is 10.1 Å². The first-order valence-corrected chi connectivity index (χ1v) is 32.0. The van der Waals surface area contributed by atoms with Crippen LogP contribution in [0.1, 0.15) is 95.9 Å². The number of ether oxygens (including phenoxy) is 6. The molecule has 0 fully saturated rings. The molecule has 4 aromatic rings. The highest BCUT2D eigenvalue weighted by atomic mass is 28.4. The highest BCUT2D eigenvalue weighted by Gasteiger charge is 2.53. The fourth-order valence-corrected chi connectivity index (χ4v) is 17.2. The minimum Gasteiger partial charge on any atom is -0.481 e. The van der Waals surface area contributed by atoms with Crippen molar-refractivity contribution in [1.82, 2.24) is 0 Å². The Kier molecular flexibility index (Phi) is 37.3. The number of rotatable bonds is 27. The van der Waals surface area contributed by atoms with Crippen molar-refractivity contribution in [2.45, 2.75) is 143 Å². The predicted molar refractivity (Wildman–Crippen MR) is 340 cm³/mol. The van der Waals surface area contributed by atoms with Crippen LogP contribution < -0.4 is 20.7 Å². The summed E-state index contributed by atoms with van der Waals surface area (Å²) >= 11 is 0. The molecule has 0 heterocycles. The molecule has 0 aliphatic rings. The molecule has 0 amide bonds. The van der Waals surface area contributed by atoms with E-state index in [4.69, 9.17) is 28.9 Å². The van der Waals surface area contributed by atoms with Crippen LogP contribution in [0.25, 0.3) is 0 Å². The van der Waals surface area contributed by atoms with E-state index in [1.807, 2.05) is 72.8 Å². The van der Waals surface area contributed by atoms with Crippen molar-refractivity contribution in [3.8, 4) is 0 Å². The topological polar surface area (TPSA) is 291 Å². The quantitative estimate of drug-likeness (QED) is 0.0196. The summed E-state index contributed by atoms with van der Waals surface area (Å²) in [6.45, 7) is 35.7. The van der Waals surface area contributed by atoms with Gasteiger partial charge in [0, 0.05) is 0 Å². The van der Waals surface area contributed by atoms with Gasteiger partial charge in [0.25, 0.3) is 16.6 Å². The molecule has 4 aromatic carbocycles. The Bertz CT molecular complexity index is 2720. The van der Waals surface area contributed by atoms with Gasteiger partial charge in [0.1, 0.15) is 50.8 Å². The zero-order chi connectivity index (χ0) is 67.3. The number of aliphatic hydroxyl groups excluding tert-OH is 2. The smallest absolute Gasteiger partial charge is 0.347 e. The average Bonchev–Trinajstić information content (AvgIpc) is 3.69. The van der Waals surface area contributed by atoms with E-state index in [1.54, 1.807) is 19.9 Å². The monoisotopic (exact) mass is 1260 g/mol. The Labute approximate surface area is 520 Å². The van der Waals surface area contributed by atoms with Crippen LogP contribution >= 0.6 is 0 Å². The minimum atomic E-state index is -2.76. The van der Waals surface area contributed by atoms with E-state index >= 15 is 0 Å². The number of carbonyl (C=O) groups is 8. The van der Waals surface area contributed by atoms with Crippen molar-refractivity contribution in [3.63, 3.8) is 0 Å². The molecule has 20 nitrogen and oxygen atoms in total. The summed E-state index contributed by atoms with van der Waals surface area (Å²) in [6.07, 6.45) is -0.664. The van der Waals surface area contributed by atoms with E-state index in [2.05, 4.69) is 140 Å². The molecule has 0 radical (unpaired) electrons. The Morgan fingerprint density at radius 1 is 0.409 bits per heavy atom. The number of carboxylic acid groups (broad SMARTS) is 2. The van der Waals surface area contributed by atoms with E-state index < -0.39 is 95.0 Å². The minimum absolute atomic E-state index is 0.0375. The third kappa shape index (κ3) is 27.7. The lowest BCUT2D eigenvalue weighted by Gasteiger charge is -2.44. The van der Waals surface area contributed by atoms with Gasteiger partial charge in [-0.2, -0.15) is 0 Å². The van der Waals surface area contributed by atoms with Gasteiger partial charge in [0.15, 0.2) is 12.2 Å². The van der Waals surface area contributed by atoms with Crippen LogP contribution in [0.15, 0.2) is 172 Å². The van der Waals surface area contributed by atoms with Crippen molar-refractivity contribution in [1.29, 1.82) is 0 Å². The SMILES string of the molecule is C=CCOC(=O)[C@H](C)O.C=CCOC(=O)[C@H](C)OC(=O)CCC(=O)O.C=CCOC(=O)[C@H](C)OC(=O)[C@H](C)O.C=CCOC(=O)[C@H](C)O[Si](c1ccccc1)(c1ccccc1)C(C)(C)C.C[C@H](O[Si](c1ccccc1)(c1ccccc1)C(C)(C)C)C(=O)O. The molecule has 0 bridgehead atoms. The van der Waals surface area contributed by atoms with Gasteiger partial charge in [0.2, 0.25) is 0 Å². The standard InChI is InChI=1S/C22H28O3Si.C19H24O3Si.C10H14O6.C9H14O5.C6H10O3/c1-6-17-24-21(23)18(2)25-26(22(3,4)5,19-13-9-7-10-14-19)20-15-11-8-12-16-20;1-15(18(20)21)22-23(19(2,3)4,16-11-7-5-8-12-16)17-13-9-6-10-14-17;1-3-6-15-10(14)7(2)16-9(13)5-4-8(11)12;1-4-5-13-9(12)7(3)14-8(11)6(2)10;1-3-4-9-6(8)5(2)7/h6-16,18H,1,17H2,2-5H3;5-15H,1-4H3,(H,20,21);3,7H,1,4-6H2,2H3,(H,11,12);4,6-7,10H,1,5H2,2-3H3;3,5,7H,1,4H2,2H3/t18-;15-;7-;6-,7-;5-/m00000/s1. The third-order valence-corrected chi connectivity index (χ3v) is 22.3. The molecule has 482 valence electrons. The van der Waals surface area contributed by atoms with E-state index in [0.717, 1.165) is 20.7 Å². The lowest BCUT2D eigenvalue weighted by Crippen LogP contribution is -2.68. The van der Waals surface area contributed by atoms with Gasteiger partial charge in [-0.25, -0.2) is 28.8 Å². The second-order valence-corrected chi connectivity index (χ2v) is 29.8. The van der Waals surface area contributed by atoms with Crippen molar-refractivity contribution in [3.05, 3.63) is 172 Å². The van der Waals surface area contributed by atoms with E-state index in [9.17, 15) is 43.5 Å². The van der Waals surface area contributed by atoms with Crippen LogP contribution in [0.5, 0.6) is 0 Å². The van der Waals surface area contributed by atoms with Crippen LogP contribution in [0.3, 0.4) is 0 Å². The summed E-state index contributed by atoms with van der Waals surface area (Å²) in [5.41, 5.74) is 0. The maximum Gasteiger partial charge on any atom is 0.347 e. The number of carbonyl (C=O) groups excluding carboxylic acids is 6. The van der Waals surface area contributed by atoms with Gasteiger partial charge in [-0.05, 0) is 72.4 Å². The number of hydrogen-bond acceptors (Lipinski definition) is 18. The number of aliphatic hydroxyl groups is 2. The molecule has 0 unspecified atom stereocenters. The summed E-state index contributed by atoms with van der Waals surface area (Å²) in [4.78, 5) is 88.4. The summed E-state index contributed by atoms with van der Waals surface area (Å²) in [5, 5.41) is 39.1. The summed E-state index contributed by atoms with van der Waals surface area (Å²) < 4.78 is 41.2. The Hall–Kier alpha value is -8.13. The number of hydrogen-bond donors (Lipinski definition) is 4. The highest BCUT2D eigenvalue weighted by Crippen LogP contribution is 2.39. The van der Waals surface area contributed by atoms with Crippen molar-refractivity contribution >= 4 is 85.1 Å². The van der Waals surface area contributed by atoms with Crippen LogP contribution in [-0.2, 0) is 75.6 Å². The molecule has 4 N–H and O–H groups in total. The molecule has 0 saturated heterocycles. The lowest BCUT2D eigenvalue weighted by atomic mass is 10.2. The molecule has 0 spiro atoms. The number of carboxylic acids is 2. The fourth-order valence-electron chi connectivity index (χ4n) is 7.88. The molecule has 0 aromatic heterocycles. The summed E-state index contributed by atoms with van der Waals surface area (Å²) in [7, 11) is -5.50. The third-order valence-electron chi connectivity index (χ3n) is 12.1. The van der Waals surface area contributed by atoms with E-state index in [1.165, 1.54) is 45.9 Å². The van der Waals surface area contributed by atoms with Gasteiger partial charge in [-0.15, -0.1) is 0 Å². The molecular weight excluding hydrogens is 1170 g/mol. The molecular formula is C66H90O20Si2. The number of aliphatic carboxylic acids is 2. The molecule has 22 heteroatoms.